The van der Waals surface area contributed by atoms with Crippen LogP contribution < -0.4 is 10.1 Å². The monoisotopic (exact) mass is 416 g/mol. The molecule has 8 heteroatoms. The van der Waals surface area contributed by atoms with Crippen LogP contribution in [0.3, 0.4) is 0 Å². The Bertz CT molecular complexity index is 711. The molecule has 0 saturated carbocycles. The minimum atomic E-state index is -0.0473. The predicted molar refractivity (Wildman–Crippen MR) is 119 cm³/mol. The van der Waals surface area contributed by atoms with E-state index in [-0.39, 0.29) is 11.9 Å². The van der Waals surface area contributed by atoms with Gasteiger partial charge in [-0.15, -0.1) is 0 Å². The first kappa shape index (κ1) is 22.3. The molecule has 2 fully saturated rings. The molecule has 1 aromatic heterocycles. The number of carbonyl (C=O) groups is 1. The van der Waals surface area contributed by atoms with Crippen molar-refractivity contribution in [1.82, 2.24) is 25.0 Å². The lowest BCUT2D eigenvalue weighted by atomic mass is 10.2. The van der Waals surface area contributed by atoms with Gasteiger partial charge in [0.15, 0.2) is 5.96 Å². The largest absolute Gasteiger partial charge is 0.478 e. The van der Waals surface area contributed by atoms with E-state index in [9.17, 15) is 4.79 Å². The lowest BCUT2D eigenvalue weighted by Crippen LogP contribution is -2.57. The minimum absolute atomic E-state index is 0.0473. The third-order valence-corrected chi connectivity index (χ3v) is 5.80. The number of rotatable bonds is 7. The average molecular weight is 417 g/mol. The summed E-state index contributed by atoms with van der Waals surface area (Å²) in [6.45, 7) is 13.3. The molecule has 3 heterocycles. The summed E-state index contributed by atoms with van der Waals surface area (Å²) in [6, 6.07) is 3.88. The minimum Gasteiger partial charge on any atom is -0.478 e. The van der Waals surface area contributed by atoms with Crippen LogP contribution in [0, 0.1) is 0 Å². The molecule has 2 aliphatic rings. The van der Waals surface area contributed by atoms with Crippen LogP contribution in [0.25, 0.3) is 0 Å². The van der Waals surface area contributed by atoms with Crippen molar-refractivity contribution < 1.29 is 9.53 Å². The molecule has 2 aliphatic heterocycles. The highest BCUT2D eigenvalue weighted by atomic mass is 16.5. The molecule has 3 rings (SSSR count). The number of ether oxygens (including phenoxy) is 1. The molecular weight excluding hydrogens is 380 g/mol. The highest BCUT2D eigenvalue weighted by Crippen LogP contribution is 2.17. The Hall–Kier alpha value is -2.35. The molecule has 30 heavy (non-hydrogen) atoms. The van der Waals surface area contributed by atoms with Gasteiger partial charge in [0.2, 0.25) is 11.8 Å². The fourth-order valence-corrected chi connectivity index (χ4v) is 4.08. The number of likely N-dealkylation sites (tertiary alicyclic amines) is 1. The maximum Gasteiger partial charge on any atom is 0.239 e. The van der Waals surface area contributed by atoms with Gasteiger partial charge >= 0.3 is 0 Å². The molecule has 0 aliphatic carbocycles. The lowest BCUT2D eigenvalue weighted by Gasteiger charge is -2.39. The Balaban J connectivity index is 1.58. The van der Waals surface area contributed by atoms with E-state index in [0.29, 0.717) is 19.0 Å². The number of hydrogen-bond acceptors (Lipinski definition) is 5. The van der Waals surface area contributed by atoms with Crippen molar-refractivity contribution >= 4 is 11.9 Å². The van der Waals surface area contributed by atoms with Crippen LogP contribution in [0.4, 0.5) is 0 Å². The second kappa shape index (κ2) is 11.2. The van der Waals surface area contributed by atoms with Gasteiger partial charge in [-0.3, -0.25) is 9.69 Å². The molecule has 0 spiro atoms. The standard InChI is InChI=1S/C22H36N6O2/c1-4-23-22(25-17-19-9-8-10-24-20(19)30-5-2)28-15-13-26(14-16-28)18(3)21(29)27-11-6-7-12-27/h8-10,18H,4-7,11-17H2,1-3H3,(H,23,25). The zero-order valence-electron chi connectivity index (χ0n) is 18.6. The number of hydrogen-bond donors (Lipinski definition) is 1. The third kappa shape index (κ3) is 5.62. The molecule has 166 valence electrons. The molecule has 1 aromatic rings. The summed E-state index contributed by atoms with van der Waals surface area (Å²) in [5.41, 5.74) is 0.984. The number of nitrogens with zero attached hydrogens (tertiary/aromatic N) is 5. The second-order valence-electron chi connectivity index (χ2n) is 7.80. The second-order valence-corrected chi connectivity index (χ2v) is 7.80. The van der Waals surface area contributed by atoms with Crippen molar-refractivity contribution in [2.45, 2.75) is 46.2 Å². The van der Waals surface area contributed by atoms with E-state index in [1.54, 1.807) is 6.20 Å². The number of carbonyl (C=O) groups excluding carboxylic acids is 1. The Morgan fingerprint density at radius 3 is 2.57 bits per heavy atom. The SMILES string of the molecule is CCNC(=NCc1cccnc1OCC)N1CCN(C(C)C(=O)N2CCCC2)CC1. The summed E-state index contributed by atoms with van der Waals surface area (Å²) in [4.78, 5) is 28.5. The van der Waals surface area contributed by atoms with E-state index < -0.39 is 0 Å². The molecule has 1 unspecified atom stereocenters. The summed E-state index contributed by atoms with van der Waals surface area (Å²) in [6.07, 6.45) is 4.01. The third-order valence-electron chi connectivity index (χ3n) is 5.80. The van der Waals surface area contributed by atoms with Crippen LogP contribution in [0.2, 0.25) is 0 Å². The number of pyridine rings is 1. The smallest absolute Gasteiger partial charge is 0.239 e. The van der Waals surface area contributed by atoms with Gasteiger partial charge in [0.25, 0.3) is 0 Å². The summed E-state index contributed by atoms with van der Waals surface area (Å²) >= 11 is 0. The maximum absolute atomic E-state index is 12.7. The van der Waals surface area contributed by atoms with E-state index in [1.807, 2.05) is 30.9 Å². The highest BCUT2D eigenvalue weighted by Gasteiger charge is 2.30. The fourth-order valence-electron chi connectivity index (χ4n) is 4.08. The van der Waals surface area contributed by atoms with Gasteiger partial charge in [-0.05, 0) is 39.7 Å². The van der Waals surface area contributed by atoms with Crippen LogP contribution in [0.1, 0.15) is 39.2 Å². The van der Waals surface area contributed by atoms with Crippen molar-refractivity contribution in [1.29, 1.82) is 0 Å². The number of guanidine groups is 1. The summed E-state index contributed by atoms with van der Waals surface area (Å²) in [5.74, 6) is 1.84. The quantitative estimate of drug-likeness (QED) is 0.537. The first-order valence-electron chi connectivity index (χ1n) is 11.3. The van der Waals surface area contributed by atoms with Gasteiger partial charge < -0.3 is 19.9 Å². The van der Waals surface area contributed by atoms with Crippen LogP contribution in [-0.4, -0.2) is 90.0 Å². The van der Waals surface area contributed by atoms with Crippen molar-refractivity contribution in [3.63, 3.8) is 0 Å². The lowest BCUT2D eigenvalue weighted by molar-refractivity contribution is -0.135. The van der Waals surface area contributed by atoms with E-state index in [4.69, 9.17) is 9.73 Å². The molecule has 2 saturated heterocycles. The topological polar surface area (TPSA) is 73.3 Å². The van der Waals surface area contributed by atoms with Crippen molar-refractivity contribution in [2.75, 3.05) is 52.4 Å². The molecule has 1 N–H and O–H groups in total. The number of piperazine rings is 1. The van der Waals surface area contributed by atoms with E-state index >= 15 is 0 Å². The molecule has 8 nitrogen and oxygen atoms in total. The molecular formula is C22H36N6O2. The molecule has 1 atom stereocenters. The summed E-state index contributed by atoms with van der Waals surface area (Å²) < 4.78 is 5.62. The average Bonchev–Trinajstić information content (AvgIpc) is 3.32. The molecule has 0 aromatic carbocycles. The maximum atomic E-state index is 12.7. The zero-order chi connectivity index (χ0) is 21.3. The molecule has 0 radical (unpaired) electrons. The Morgan fingerprint density at radius 2 is 1.90 bits per heavy atom. The number of amides is 1. The Kier molecular flexibility index (Phi) is 8.30. The van der Waals surface area contributed by atoms with Gasteiger partial charge in [-0.2, -0.15) is 0 Å². The summed E-state index contributed by atoms with van der Waals surface area (Å²) in [5, 5.41) is 3.41. The number of aliphatic imine (C=N–C) groups is 1. The van der Waals surface area contributed by atoms with Crippen molar-refractivity contribution in [2.24, 2.45) is 4.99 Å². The zero-order valence-corrected chi connectivity index (χ0v) is 18.6. The van der Waals surface area contributed by atoms with Gasteiger partial charge in [-0.25, -0.2) is 9.98 Å². The first-order valence-corrected chi connectivity index (χ1v) is 11.3. The van der Waals surface area contributed by atoms with E-state index in [2.05, 4.69) is 27.0 Å². The van der Waals surface area contributed by atoms with Crippen molar-refractivity contribution in [3.05, 3.63) is 23.9 Å². The van der Waals surface area contributed by atoms with Gasteiger partial charge in [0, 0.05) is 57.6 Å². The predicted octanol–water partition coefficient (Wildman–Crippen LogP) is 1.57. The first-order chi connectivity index (χ1) is 14.6. The van der Waals surface area contributed by atoms with E-state index in [0.717, 1.165) is 70.2 Å². The van der Waals surface area contributed by atoms with E-state index in [1.165, 1.54) is 0 Å². The molecule has 1 amide bonds. The van der Waals surface area contributed by atoms with Crippen molar-refractivity contribution in [3.8, 4) is 5.88 Å². The van der Waals surface area contributed by atoms with Crippen LogP contribution in [0.15, 0.2) is 23.3 Å². The Labute approximate surface area is 180 Å². The highest BCUT2D eigenvalue weighted by molar-refractivity contribution is 5.82. The van der Waals surface area contributed by atoms with Crippen LogP contribution in [-0.2, 0) is 11.3 Å². The fraction of sp³-hybridized carbons (Fsp3) is 0.682. The number of aromatic nitrogens is 1. The Morgan fingerprint density at radius 1 is 1.17 bits per heavy atom. The van der Waals surface area contributed by atoms with Gasteiger partial charge in [-0.1, -0.05) is 6.07 Å². The van der Waals surface area contributed by atoms with Crippen LogP contribution >= 0.6 is 0 Å². The van der Waals surface area contributed by atoms with Gasteiger partial charge in [0.05, 0.1) is 19.2 Å². The van der Waals surface area contributed by atoms with Crippen LogP contribution in [0.5, 0.6) is 5.88 Å². The normalized spacial score (nSPS) is 19.1. The summed E-state index contributed by atoms with van der Waals surface area (Å²) in [7, 11) is 0. The number of nitrogens with one attached hydrogen (secondary N) is 1. The van der Waals surface area contributed by atoms with Gasteiger partial charge in [0.1, 0.15) is 0 Å². The molecule has 0 bridgehead atoms.